The molecule has 4 rings (SSSR count). The normalized spacial score (nSPS) is 14.8. The lowest BCUT2D eigenvalue weighted by atomic mass is 10.1. The quantitative estimate of drug-likeness (QED) is 0.598. The number of aromatic nitrogens is 2. The van der Waals surface area contributed by atoms with Crippen molar-refractivity contribution in [3.05, 3.63) is 59.4 Å². The van der Waals surface area contributed by atoms with Crippen LogP contribution in [0.2, 0.25) is 0 Å². The van der Waals surface area contributed by atoms with Gasteiger partial charge in [-0.3, -0.25) is 4.79 Å². The van der Waals surface area contributed by atoms with Crippen molar-refractivity contribution in [1.29, 1.82) is 0 Å². The second kappa shape index (κ2) is 8.84. The van der Waals surface area contributed by atoms with Crippen molar-refractivity contribution in [2.45, 2.75) is 44.4 Å². The molecule has 0 spiro atoms. The fraction of sp³-hybridized carbons (Fsp3) is 0.348. The predicted octanol–water partition coefficient (Wildman–Crippen LogP) is 4.21. The summed E-state index contributed by atoms with van der Waals surface area (Å²) in [6.07, 6.45) is 1.70. The molecular formula is C23H26N4O4S. The van der Waals surface area contributed by atoms with E-state index in [1.165, 1.54) is 16.4 Å². The summed E-state index contributed by atoms with van der Waals surface area (Å²) >= 11 is 0. The van der Waals surface area contributed by atoms with E-state index in [9.17, 15) is 13.2 Å². The zero-order chi connectivity index (χ0) is 22.9. The van der Waals surface area contributed by atoms with Crippen molar-refractivity contribution in [3.63, 3.8) is 0 Å². The van der Waals surface area contributed by atoms with Gasteiger partial charge in [-0.2, -0.15) is 9.29 Å². The van der Waals surface area contributed by atoms with Crippen LogP contribution in [-0.4, -0.2) is 41.9 Å². The number of anilines is 1. The summed E-state index contributed by atoms with van der Waals surface area (Å²) in [5.74, 6) is 0.593. The molecule has 1 amide bonds. The topological polar surface area (TPSA) is 105 Å². The molecule has 1 saturated heterocycles. The van der Waals surface area contributed by atoms with Gasteiger partial charge in [-0.1, -0.05) is 37.2 Å². The molecule has 2 heterocycles. The maximum atomic E-state index is 13.1. The highest BCUT2D eigenvalue weighted by Crippen LogP contribution is 2.31. The number of rotatable bonds is 6. The van der Waals surface area contributed by atoms with Gasteiger partial charge >= 0.3 is 0 Å². The molecule has 1 N–H and O–H groups in total. The Morgan fingerprint density at radius 1 is 1.12 bits per heavy atom. The Hall–Kier alpha value is -3.04. The van der Waals surface area contributed by atoms with Crippen LogP contribution in [0.4, 0.5) is 5.69 Å². The van der Waals surface area contributed by atoms with Crippen LogP contribution in [0.5, 0.6) is 0 Å². The van der Waals surface area contributed by atoms with Crippen molar-refractivity contribution < 1.29 is 17.7 Å². The summed E-state index contributed by atoms with van der Waals surface area (Å²) < 4.78 is 32.7. The van der Waals surface area contributed by atoms with Gasteiger partial charge in [0.05, 0.1) is 16.1 Å². The Morgan fingerprint density at radius 2 is 1.84 bits per heavy atom. The largest absolute Gasteiger partial charge is 0.334 e. The maximum absolute atomic E-state index is 13.1. The highest BCUT2D eigenvalue weighted by Gasteiger charge is 2.28. The van der Waals surface area contributed by atoms with Gasteiger partial charge in [0.25, 0.3) is 11.8 Å². The molecule has 32 heavy (non-hydrogen) atoms. The number of amides is 1. The third kappa shape index (κ3) is 4.31. The maximum Gasteiger partial charge on any atom is 0.260 e. The van der Waals surface area contributed by atoms with E-state index in [1.807, 2.05) is 32.9 Å². The number of sulfonamides is 1. The Labute approximate surface area is 187 Å². The van der Waals surface area contributed by atoms with E-state index < -0.39 is 15.9 Å². The van der Waals surface area contributed by atoms with E-state index >= 15 is 0 Å². The van der Waals surface area contributed by atoms with E-state index in [1.54, 1.807) is 18.2 Å². The van der Waals surface area contributed by atoms with Crippen LogP contribution in [0.25, 0.3) is 11.5 Å². The molecule has 0 unspecified atom stereocenters. The number of benzene rings is 2. The van der Waals surface area contributed by atoms with Crippen LogP contribution in [0.1, 0.15) is 54.4 Å². The highest BCUT2D eigenvalue weighted by molar-refractivity contribution is 7.89. The molecule has 168 valence electrons. The molecule has 1 aromatic heterocycles. The van der Waals surface area contributed by atoms with Gasteiger partial charge in [0, 0.05) is 24.6 Å². The molecule has 0 aliphatic carbocycles. The van der Waals surface area contributed by atoms with Gasteiger partial charge in [0.1, 0.15) is 0 Å². The summed E-state index contributed by atoms with van der Waals surface area (Å²) in [5, 5.41) is 6.91. The average Bonchev–Trinajstić information content (AvgIpc) is 3.48. The van der Waals surface area contributed by atoms with Crippen molar-refractivity contribution in [1.82, 2.24) is 14.4 Å². The third-order valence-electron chi connectivity index (χ3n) is 5.50. The molecule has 0 atom stereocenters. The van der Waals surface area contributed by atoms with Crippen LogP contribution >= 0.6 is 0 Å². The molecule has 0 radical (unpaired) electrons. The Kier molecular flexibility index (Phi) is 6.12. The Balaban J connectivity index is 1.64. The van der Waals surface area contributed by atoms with E-state index in [0.717, 1.165) is 18.4 Å². The van der Waals surface area contributed by atoms with Crippen molar-refractivity contribution in [2.75, 3.05) is 18.4 Å². The zero-order valence-corrected chi connectivity index (χ0v) is 19.1. The summed E-state index contributed by atoms with van der Waals surface area (Å²) in [4.78, 5) is 17.6. The lowest BCUT2D eigenvalue weighted by Crippen LogP contribution is -2.28. The SMILES string of the molecule is Cc1cccc(-c2nc(C(C)C)no2)c1NC(=O)c1cccc(S(=O)(=O)N2CCCC2)c1. The fourth-order valence-corrected chi connectivity index (χ4v) is 5.22. The Morgan fingerprint density at radius 3 is 2.53 bits per heavy atom. The number of hydrogen-bond acceptors (Lipinski definition) is 6. The first-order valence-electron chi connectivity index (χ1n) is 10.6. The highest BCUT2D eigenvalue weighted by atomic mass is 32.2. The average molecular weight is 455 g/mol. The van der Waals surface area contributed by atoms with Gasteiger partial charge in [-0.05, 0) is 49.6 Å². The smallest absolute Gasteiger partial charge is 0.260 e. The molecule has 0 bridgehead atoms. The molecule has 1 aliphatic heterocycles. The fourth-order valence-electron chi connectivity index (χ4n) is 3.65. The number of carbonyl (C=O) groups excluding carboxylic acids is 1. The summed E-state index contributed by atoms with van der Waals surface area (Å²) in [5.41, 5.74) is 2.23. The first-order valence-corrected chi connectivity index (χ1v) is 12.1. The van der Waals surface area contributed by atoms with Crippen LogP contribution < -0.4 is 5.32 Å². The van der Waals surface area contributed by atoms with E-state index in [4.69, 9.17) is 4.52 Å². The molecule has 9 heteroatoms. The molecular weight excluding hydrogens is 428 g/mol. The number of para-hydroxylation sites is 1. The standard InChI is InChI=1S/C23H26N4O4S/c1-15(2)21-25-23(31-26-21)19-11-6-8-16(3)20(19)24-22(28)17-9-7-10-18(14-17)32(29,30)27-12-4-5-13-27/h6-11,14-15H,4-5,12-13H2,1-3H3,(H,24,28). The zero-order valence-electron chi connectivity index (χ0n) is 18.3. The molecule has 8 nitrogen and oxygen atoms in total. The number of nitrogens with zero attached hydrogens (tertiary/aromatic N) is 3. The first-order chi connectivity index (χ1) is 15.3. The van der Waals surface area contributed by atoms with Crippen LogP contribution in [0.15, 0.2) is 51.9 Å². The van der Waals surface area contributed by atoms with E-state index in [2.05, 4.69) is 15.5 Å². The first kappa shape index (κ1) is 22.2. The monoisotopic (exact) mass is 454 g/mol. The van der Waals surface area contributed by atoms with Gasteiger partial charge in [0.15, 0.2) is 5.82 Å². The van der Waals surface area contributed by atoms with Crippen LogP contribution in [-0.2, 0) is 10.0 Å². The van der Waals surface area contributed by atoms with E-state index in [0.29, 0.717) is 36.1 Å². The van der Waals surface area contributed by atoms with Crippen molar-refractivity contribution in [2.24, 2.45) is 0 Å². The number of nitrogens with one attached hydrogen (secondary N) is 1. The number of carbonyl (C=O) groups is 1. The second-order valence-corrected chi connectivity index (χ2v) is 10.1. The van der Waals surface area contributed by atoms with Crippen molar-refractivity contribution in [3.8, 4) is 11.5 Å². The molecule has 1 aliphatic rings. The van der Waals surface area contributed by atoms with Crippen LogP contribution in [0, 0.1) is 6.92 Å². The second-order valence-electron chi connectivity index (χ2n) is 8.20. The minimum atomic E-state index is -3.61. The molecule has 0 saturated carbocycles. The Bertz CT molecular complexity index is 1240. The van der Waals surface area contributed by atoms with Gasteiger partial charge < -0.3 is 9.84 Å². The summed E-state index contributed by atoms with van der Waals surface area (Å²) in [6.45, 7) is 6.82. The van der Waals surface area contributed by atoms with Crippen LogP contribution in [0.3, 0.4) is 0 Å². The van der Waals surface area contributed by atoms with Crippen molar-refractivity contribution >= 4 is 21.6 Å². The number of hydrogen-bond donors (Lipinski definition) is 1. The third-order valence-corrected chi connectivity index (χ3v) is 7.39. The minimum Gasteiger partial charge on any atom is -0.334 e. The molecule has 2 aromatic carbocycles. The lowest BCUT2D eigenvalue weighted by Gasteiger charge is -2.16. The summed E-state index contributed by atoms with van der Waals surface area (Å²) in [6, 6.07) is 11.6. The minimum absolute atomic E-state index is 0.107. The molecule has 3 aromatic rings. The lowest BCUT2D eigenvalue weighted by molar-refractivity contribution is 0.102. The van der Waals surface area contributed by atoms with Gasteiger partial charge in [-0.15, -0.1) is 0 Å². The number of aryl methyl sites for hydroxylation is 1. The van der Waals surface area contributed by atoms with Gasteiger partial charge in [0.2, 0.25) is 10.0 Å². The van der Waals surface area contributed by atoms with Gasteiger partial charge in [-0.25, -0.2) is 8.42 Å². The summed E-state index contributed by atoms with van der Waals surface area (Å²) in [7, 11) is -3.61. The molecule has 1 fully saturated rings. The van der Waals surface area contributed by atoms with E-state index in [-0.39, 0.29) is 16.4 Å². The predicted molar refractivity (Wildman–Crippen MR) is 121 cm³/mol.